The fraction of sp³-hybridized carbons (Fsp3) is 1.00. The maximum atomic E-state index is 3.57. The second kappa shape index (κ2) is 8.55. The fourth-order valence-electron chi connectivity index (χ4n) is 1.47. The number of unbranched alkanes of at least 4 members (excludes halogenated alkanes) is 1. The van der Waals surface area contributed by atoms with Crippen LogP contribution in [-0.4, -0.2) is 12.6 Å². The lowest BCUT2D eigenvalue weighted by Gasteiger charge is -2.13. The summed E-state index contributed by atoms with van der Waals surface area (Å²) in [5.74, 6) is 0.854. The van der Waals surface area contributed by atoms with Crippen molar-refractivity contribution in [2.45, 2.75) is 65.8 Å². The SMILES string of the molecule is CCCCC(C)NCCCC(C)C. The smallest absolute Gasteiger partial charge is 0.00387 e. The minimum absolute atomic E-state index is 0.715. The van der Waals surface area contributed by atoms with Gasteiger partial charge in [0.15, 0.2) is 0 Å². The molecule has 1 unspecified atom stereocenters. The summed E-state index contributed by atoms with van der Waals surface area (Å²) in [7, 11) is 0. The van der Waals surface area contributed by atoms with Crippen LogP contribution in [0.4, 0.5) is 0 Å². The molecule has 0 aromatic rings. The van der Waals surface area contributed by atoms with Crippen LogP contribution < -0.4 is 5.32 Å². The molecule has 13 heavy (non-hydrogen) atoms. The van der Waals surface area contributed by atoms with Gasteiger partial charge in [-0.05, 0) is 38.6 Å². The van der Waals surface area contributed by atoms with Crippen molar-refractivity contribution < 1.29 is 0 Å². The first kappa shape index (κ1) is 13.0. The Morgan fingerprint density at radius 3 is 2.23 bits per heavy atom. The van der Waals surface area contributed by atoms with Crippen molar-refractivity contribution in [3.8, 4) is 0 Å². The van der Waals surface area contributed by atoms with E-state index in [1.165, 1.54) is 38.6 Å². The van der Waals surface area contributed by atoms with E-state index in [2.05, 4.69) is 33.0 Å². The van der Waals surface area contributed by atoms with E-state index < -0.39 is 0 Å². The molecule has 0 aromatic carbocycles. The van der Waals surface area contributed by atoms with Crippen LogP contribution in [0.15, 0.2) is 0 Å². The highest BCUT2D eigenvalue weighted by atomic mass is 14.9. The standard InChI is InChI=1S/C12H27N/c1-5-6-9-12(4)13-10-7-8-11(2)3/h11-13H,5-10H2,1-4H3. The molecule has 0 saturated carbocycles. The number of hydrogen-bond donors (Lipinski definition) is 1. The first-order chi connectivity index (χ1) is 6.16. The molecular weight excluding hydrogens is 158 g/mol. The van der Waals surface area contributed by atoms with E-state index in [9.17, 15) is 0 Å². The quantitative estimate of drug-likeness (QED) is 0.570. The van der Waals surface area contributed by atoms with Gasteiger partial charge in [0.1, 0.15) is 0 Å². The molecule has 0 rings (SSSR count). The van der Waals surface area contributed by atoms with Crippen molar-refractivity contribution in [2.24, 2.45) is 5.92 Å². The first-order valence-electron chi connectivity index (χ1n) is 5.90. The summed E-state index contributed by atoms with van der Waals surface area (Å²) in [6.07, 6.45) is 6.69. The summed E-state index contributed by atoms with van der Waals surface area (Å²) in [6.45, 7) is 10.3. The van der Waals surface area contributed by atoms with Crippen molar-refractivity contribution >= 4 is 0 Å². The van der Waals surface area contributed by atoms with Gasteiger partial charge >= 0.3 is 0 Å². The average Bonchev–Trinajstić information content (AvgIpc) is 2.08. The molecule has 0 bridgehead atoms. The Balaban J connectivity index is 3.12. The lowest BCUT2D eigenvalue weighted by molar-refractivity contribution is 0.463. The molecule has 0 radical (unpaired) electrons. The molecule has 0 heterocycles. The van der Waals surface area contributed by atoms with E-state index in [-0.39, 0.29) is 0 Å². The van der Waals surface area contributed by atoms with Crippen molar-refractivity contribution in [3.63, 3.8) is 0 Å². The molecule has 1 nitrogen and oxygen atoms in total. The number of hydrogen-bond acceptors (Lipinski definition) is 1. The number of nitrogens with one attached hydrogen (secondary N) is 1. The molecule has 80 valence electrons. The molecule has 0 amide bonds. The summed E-state index contributed by atoms with van der Waals surface area (Å²) in [5.41, 5.74) is 0. The lowest BCUT2D eigenvalue weighted by Crippen LogP contribution is -2.26. The Morgan fingerprint density at radius 2 is 1.69 bits per heavy atom. The Hall–Kier alpha value is -0.0400. The van der Waals surface area contributed by atoms with Gasteiger partial charge in [-0.2, -0.15) is 0 Å². The van der Waals surface area contributed by atoms with Gasteiger partial charge in [-0.15, -0.1) is 0 Å². The molecule has 1 atom stereocenters. The summed E-state index contributed by atoms with van der Waals surface area (Å²) < 4.78 is 0. The van der Waals surface area contributed by atoms with Gasteiger partial charge in [-0.25, -0.2) is 0 Å². The second-order valence-corrected chi connectivity index (χ2v) is 4.53. The van der Waals surface area contributed by atoms with Gasteiger partial charge < -0.3 is 5.32 Å². The molecule has 0 aliphatic heterocycles. The zero-order valence-corrected chi connectivity index (χ0v) is 9.90. The predicted molar refractivity (Wildman–Crippen MR) is 61.1 cm³/mol. The van der Waals surface area contributed by atoms with Crippen LogP contribution in [-0.2, 0) is 0 Å². The maximum absolute atomic E-state index is 3.57. The summed E-state index contributed by atoms with van der Waals surface area (Å²) >= 11 is 0. The van der Waals surface area contributed by atoms with Gasteiger partial charge in [0.2, 0.25) is 0 Å². The van der Waals surface area contributed by atoms with Crippen LogP contribution in [0.25, 0.3) is 0 Å². The summed E-state index contributed by atoms with van der Waals surface area (Å²) in [4.78, 5) is 0. The van der Waals surface area contributed by atoms with Crippen LogP contribution in [0.3, 0.4) is 0 Å². The predicted octanol–water partition coefficient (Wildman–Crippen LogP) is 3.59. The molecule has 0 fully saturated rings. The third-order valence-corrected chi connectivity index (χ3v) is 2.44. The van der Waals surface area contributed by atoms with E-state index in [1.54, 1.807) is 0 Å². The zero-order chi connectivity index (χ0) is 10.1. The normalized spacial score (nSPS) is 13.6. The van der Waals surface area contributed by atoms with Crippen molar-refractivity contribution in [1.82, 2.24) is 5.32 Å². The molecule has 0 spiro atoms. The van der Waals surface area contributed by atoms with Gasteiger partial charge in [0, 0.05) is 6.04 Å². The molecule has 0 saturated heterocycles. The minimum Gasteiger partial charge on any atom is -0.314 e. The first-order valence-corrected chi connectivity index (χ1v) is 5.90. The van der Waals surface area contributed by atoms with Crippen molar-refractivity contribution in [2.75, 3.05) is 6.54 Å². The Labute approximate surface area is 84.3 Å². The largest absolute Gasteiger partial charge is 0.314 e. The van der Waals surface area contributed by atoms with Crippen molar-refractivity contribution in [1.29, 1.82) is 0 Å². The van der Waals surface area contributed by atoms with E-state index in [1.807, 2.05) is 0 Å². The third-order valence-electron chi connectivity index (χ3n) is 2.44. The monoisotopic (exact) mass is 185 g/mol. The Morgan fingerprint density at radius 1 is 1.00 bits per heavy atom. The van der Waals surface area contributed by atoms with E-state index in [0.717, 1.165) is 5.92 Å². The van der Waals surface area contributed by atoms with Crippen molar-refractivity contribution in [3.05, 3.63) is 0 Å². The highest BCUT2D eigenvalue weighted by Gasteiger charge is 1.99. The number of rotatable bonds is 8. The van der Waals surface area contributed by atoms with E-state index in [0.29, 0.717) is 6.04 Å². The molecule has 1 N–H and O–H groups in total. The van der Waals surface area contributed by atoms with E-state index >= 15 is 0 Å². The molecule has 0 aromatic heterocycles. The molecule has 1 heteroatoms. The summed E-state index contributed by atoms with van der Waals surface area (Å²) in [5, 5.41) is 3.57. The van der Waals surface area contributed by atoms with Crippen LogP contribution >= 0.6 is 0 Å². The summed E-state index contributed by atoms with van der Waals surface area (Å²) in [6, 6.07) is 0.715. The van der Waals surface area contributed by atoms with Crippen LogP contribution in [0.1, 0.15) is 59.8 Å². The Bertz CT molecular complexity index is 99.3. The topological polar surface area (TPSA) is 12.0 Å². The van der Waals surface area contributed by atoms with E-state index in [4.69, 9.17) is 0 Å². The fourth-order valence-corrected chi connectivity index (χ4v) is 1.47. The molecule has 0 aliphatic carbocycles. The minimum atomic E-state index is 0.715. The highest BCUT2D eigenvalue weighted by Crippen LogP contribution is 2.03. The van der Waals surface area contributed by atoms with Gasteiger partial charge in [-0.3, -0.25) is 0 Å². The third kappa shape index (κ3) is 9.88. The maximum Gasteiger partial charge on any atom is 0.00387 e. The highest BCUT2D eigenvalue weighted by molar-refractivity contribution is 4.60. The lowest BCUT2D eigenvalue weighted by atomic mass is 10.1. The van der Waals surface area contributed by atoms with Crippen LogP contribution in [0.5, 0.6) is 0 Å². The molecular formula is C12H27N. The van der Waals surface area contributed by atoms with Crippen LogP contribution in [0, 0.1) is 5.92 Å². The van der Waals surface area contributed by atoms with Gasteiger partial charge in [0.05, 0.1) is 0 Å². The van der Waals surface area contributed by atoms with Gasteiger partial charge in [0.25, 0.3) is 0 Å². The van der Waals surface area contributed by atoms with Gasteiger partial charge in [-0.1, -0.05) is 33.6 Å². The Kier molecular flexibility index (Phi) is 8.53. The van der Waals surface area contributed by atoms with Crippen LogP contribution in [0.2, 0.25) is 0 Å². The average molecular weight is 185 g/mol. The zero-order valence-electron chi connectivity index (χ0n) is 9.90. The second-order valence-electron chi connectivity index (χ2n) is 4.53. The molecule has 0 aliphatic rings.